The summed E-state index contributed by atoms with van der Waals surface area (Å²) in [6.07, 6.45) is 1.98. The highest BCUT2D eigenvalue weighted by atomic mass is 16.5. The zero-order valence-electron chi connectivity index (χ0n) is 15.8. The molecule has 0 spiro atoms. The summed E-state index contributed by atoms with van der Waals surface area (Å²) in [4.78, 5) is 11.6. The van der Waals surface area contributed by atoms with Gasteiger partial charge in [-0.1, -0.05) is 19.8 Å². The lowest BCUT2D eigenvalue weighted by Gasteiger charge is -2.23. The Morgan fingerprint density at radius 1 is 1.20 bits per heavy atom. The number of hydrogen-bond donors (Lipinski definition) is 3. The lowest BCUT2D eigenvalue weighted by molar-refractivity contribution is 0.100. The van der Waals surface area contributed by atoms with Crippen molar-refractivity contribution in [2.24, 2.45) is 0 Å². The van der Waals surface area contributed by atoms with Crippen LogP contribution in [0.5, 0.6) is 5.75 Å². The third-order valence-corrected chi connectivity index (χ3v) is 3.39. The number of aliphatic hydroxyl groups excluding tert-OH is 1. The Hall–Kier alpha value is -1.79. The standard InChI is InChI=1S/C19H32N2O4/c1-5-6-7-12-24-18(23)21-15-8-10-17(11-9-15)25-14-16(22)13-20-19(2,3)4/h8-11,16,20,22H,5-7,12-14H2,1-4H3,(H,21,23). The SMILES string of the molecule is CCCCCOC(=O)Nc1ccc(OCC(O)CNC(C)(C)C)cc1. The maximum atomic E-state index is 11.6. The largest absolute Gasteiger partial charge is 0.491 e. The van der Waals surface area contributed by atoms with Crippen LogP contribution in [0, 0.1) is 0 Å². The van der Waals surface area contributed by atoms with Gasteiger partial charge in [0.05, 0.1) is 6.61 Å². The minimum absolute atomic E-state index is 0.0422. The van der Waals surface area contributed by atoms with Crippen molar-refractivity contribution in [1.29, 1.82) is 0 Å². The quantitative estimate of drug-likeness (QED) is 0.561. The molecule has 142 valence electrons. The molecule has 0 aliphatic rings. The van der Waals surface area contributed by atoms with Gasteiger partial charge in [-0.2, -0.15) is 0 Å². The molecule has 25 heavy (non-hydrogen) atoms. The fraction of sp³-hybridized carbons (Fsp3) is 0.632. The van der Waals surface area contributed by atoms with Crippen LogP contribution in [0.3, 0.4) is 0 Å². The van der Waals surface area contributed by atoms with Gasteiger partial charge < -0.3 is 19.9 Å². The fourth-order valence-electron chi connectivity index (χ4n) is 1.98. The van der Waals surface area contributed by atoms with Crippen molar-refractivity contribution < 1.29 is 19.4 Å². The van der Waals surface area contributed by atoms with E-state index in [2.05, 4.69) is 17.6 Å². The lowest BCUT2D eigenvalue weighted by Crippen LogP contribution is -2.42. The molecular formula is C19H32N2O4. The number of carbonyl (C=O) groups is 1. The molecule has 0 aliphatic carbocycles. The Morgan fingerprint density at radius 3 is 2.48 bits per heavy atom. The summed E-state index contributed by atoms with van der Waals surface area (Å²) in [6.45, 7) is 9.33. The van der Waals surface area contributed by atoms with Crippen molar-refractivity contribution in [2.75, 3.05) is 25.1 Å². The highest BCUT2D eigenvalue weighted by Gasteiger charge is 2.12. The van der Waals surface area contributed by atoms with Gasteiger partial charge in [-0.05, 0) is 51.5 Å². The number of amides is 1. The second-order valence-corrected chi connectivity index (χ2v) is 7.09. The van der Waals surface area contributed by atoms with E-state index in [0.717, 1.165) is 19.3 Å². The summed E-state index contributed by atoms with van der Waals surface area (Å²) in [6, 6.07) is 6.97. The van der Waals surface area contributed by atoms with Crippen LogP contribution in [0.2, 0.25) is 0 Å². The number of ether oxygens (including phenoxy) is 2. The van der Waals surface area contributed by atoms with Gasteiger partial charge in [0.25, 0.3) is 0 Å². The van der Waals surface area contributed by atoms with Crippen molar-refractivity contribution in [3.8, 4) is 5.75 Å². The van der Waals surface area contributed by atoms with Crippen molar-refractivity contribution in [1.82, 2.24) is 5.32 Å². The molecule has 0 aromatic heterocycles. The van der Waals surface area contributed by atoms with Crippen LogP contribution < -0.4 is 15.4 Å². The predicted molar refractivity (Wildman–Crippen MR) is 100 cm³/mol. The first kappa shape index (κ1) is 21.3. The number of nitrogens with one attached hydrogen (secondary N) is 2. The lowest BCUT2D eigenvalue weighted by atomic mass is 10.1. The number of benzene rings is 1. The number of rotatable bonds is 10. The third kappa shape index (κ3) is 10.6. The average Bonchev–Trinajstić information content (AvgIpc) is 2.55. The molecule has 3 N–H and O–H groups in total. The van der Waals surface area contributed by atoms with Crippen molar-refractivity contribution >= 4 is 11.8 Å². The smallest absolute Gasteiger partial charge is 0.411 e. The van der Waals surface area contributed by atoms with E-state index in [1.54, 1.807) is 24.3 Å². The minimum atomic E-state index is -0.588. The number of anilines is 1. The molecule has 0 fully saturated rings. The zero-order valence-corrected chi connectivity index (χ0v) is 15.8. The van der Waals surface area contributed by atoms with Gasteiger partial charge in [0.1, 0.15) is 18.5 Å². The number of hydrogen-bond acceptors (Lipinski definition) is 5. The maximum Gasteiger partial charge on any atom is 0.411 e. The first-order chi connectivity index (χ1) is 11.8. The van der Waals surface area contributed by atoms with Crippen LogP contribution in [-0.2, 0) is 4.74 Å². The van der Waals surface area contributed by atoms with Gasteiger partial charge >= 0.3 is 6.09 Å². The van der Waals surface area contributed by atoms with Gasteiger partial charge in [-0.3, -0.25) is 5.32 Å². The molecule has 0 heterocycles. The summed E-state index contributed by atoms with van der Waals surface area (Å²) in [5.41, 5.74) is 0.599. The molecule has 0 saturated carbocycles. The molecule has 1 aromatic rings. The van der Waals surface area contributed by atoms with Crippen LogP contribution in [0.15, 0.2) is 24.3 Å². The molecule has 1 atom stereocenters. The summed E-state index contributed by atoms with van der Waals surface area (Å²) in [5, 5.41) is 15.8. The first-order valence-electron chi connectivity index (χ1n) is 8.90. The summed E-state index contributed by atoms with van der Waals surface area (Å²) >= 11 is 0. The normalized spacial score (nSPS) is 12.5. The van der Waals surface area contributed by atoms with E-state index in [-0.39, 0.29) is 12.1 Å². The Balaban J connectivity index is 2.30. The van der Waals surface area contributed by atoms with Crippen LogP contribution in [-0.4, -0.2) is 42.6 Å². The van der Waals surface area contributed by atoms with Gasteiger partial charge in [-0.15, -0.1) is 0 Å². The zero-order chi connectivity index (χ0) is 18.7. The van der Waals surface area contributed by atoms with E-state index in [0.29, 0.717) is 24.6 Å². The van der Waals surface area contributed by atoms with Crippen LogP contribution in [0.25, 0.3) is 0 Å². The molecular weight excluding hydrogens is 320 g/mol. The molecule has 1 rings (SSSR count). The van der Waals surface area contributed by atoms with Crippen molar-refractivity contribution in [3.63, 3.8) is 0 Å². The molecule has 0 bridgehead atoms. The maximum absolute atomic E-state index is 11.6. The molecule has 6 heteroatoms. The third-order valence-electron chi connectivity index (χ3n) is 3.39. The Kier molecular flexibility index (Phi) is 9.31. The highest BCUT2D eigenvalue weighted by molar-refractivity contribution is 5.84. The fourth-order valence-corrected chi connectivity index (χ4v) is 1.98. The topological polar surface area (TPSA) is 79.8 Å². The molecule has 0 saturated heterocycles. The van der Waals surface area contributed by atoms with E-state index >= 15 is 0 Å². The van der Waals surface area contributed by atoms with E-state index in [1.807, 2.05) is 20.8 Å². The van der Waals surface area contributed by atoms with E-state index < -0.39 is 12.2 Å². The number of β-amino-alcohol motifs (C(OH)–C–C–N with tert-alkyl or cyclic N) is 1. The summed E-state index contributed by atoms with van der Waals surface area (Å²) in [5.74, 6) is 0.636. The number of aliphatic hydroxyl groups is 1. The van der Waals surface area contributed by atoms with E-state index in [9.17, 15) is 9.90 Å². The van der Waals surface area contributed by atoms with E-state index in [4.69, 9.17) is 9.47 Å². The Labute approximate surface area is 150 Å². The molecule has 0 aliphatic heterocycles. The van der Waals surface area contributed by atoms with Crippen LogP contribution >= 0.6 is 0 Å². The van der Waals surface area contributed by atoms with Crippen LogP contribution in [0.4, 0.5) is 10.5 Å². The van der Waals surface area contributed by atoms with E-state index in [1.165, 1.54) is 0 Å². The van der Waals surface area contributed by atoms with Gasteiger partial charge in [-0.25, -0.2) is 4.79 Å². The molecule has 6 nitrogen and oxygen atoms in total. The Morgan fingerprint density at radius 2 is 1.88 bits per heavy atom. The minimum Gasteiger partial charge on any atom is -0.491 e. The summed E-state index contributed by atoms with van der Waals surface area (Å²) in [7, 11) is 0. The predicted octanol–water partition coefficient (Wildman–Crippen LogP) is 3.55. The molecule has 0 radical (unpaired) electrons. The second-order valence-electron chi connectivity index (χ2n) is 7.09. The van der Waals surface area contributed by atoms with Crippen molar-refractivity contribution in [2.45, 2.75) is 58.6 Å². The highest BCUT2D eigenvalue weighted by Crippen LogP contribution is 2.16. The first-order valence-corrected chi connectivity index (χ1v) is 8.90. The monoisotopic (exact) mass is 352 g/mol. The Bertz CT molecular complexity index is 497. The molecule has 1 unspecified atom stereocenters. The summed E-state index contributed by atoms with van der Waals surface area (Å²) < 4.78 is 10.6. The average molecular weight is 352 g/mol. The second kappa shape index (κ2) is 10.9. The molecule has 1 aromatic carbocycles. The molecule has 1 amide bonds. The van der Waals surface area contributed by atoms with Gasteiger partial charge in [0.2, 0.25) is 0 Å². The number of unbranched alkanes of at least 4 members (excludes halogenated alkanes) is 2. The van der Waals surface area contributed by atoms with Crippen LogP contribution in [0.1, 0.15) is 47.0 Å². The van der Waals surface area contributed by atoms with Gasteiger partial charge in [0.15, 0.2) is 0 Å². The number of carbonyl (C=O) groups excluding carboxylic acids is 1. The van der Waals surface area contributed by atoms with Crippen molar-refractivity contribution in [3.05, 3.63) is 24.3 Å². The van der Waals surface area contributed by atoms with Gasteiger partial charge in [0, 0.05) is 17.8 Å².